The van der Waals surface area contributed by atoms with E-state index in [0.29, 0.717) is 30.8 Å². The highest BCUT2D eigenvalue weighted by atomic mass is 79.9. The minimum Gasteiger partial charge on any atom is -0.492 e. The zero-order chi connectivity index (χ0) is 25.2. The molecule has 0 aliphatic carbocycles. The molecule has 0 fully saturated rings. The van der Waals surface area contributed by atoms with Gasteiger partial charge >= 0.3 is 11.9 Å². The van der Waals surface area contributed by atoms with Crippen LogP contribution in [-0.4, -0.2) is 25.2 Å². The molecule has 0 aliphatic rings. The standard InChI is InChI=1S/C30H25BrO5/c31-25-14-15-28(34-18-16-22-8-3-1-4-9-22)27(21-25)30(33)36-26-13-7-12-24(20-26)29(32)35-19-17-23-10-5-2-6-11-23/h1-15,20-21H,16-19H2. The fraction of sp³-hybridized carbons (Fsp3) is 0.133. The van der Waals surface area contributed by atoms with Crippen LogP contribution in [0.5, 0.6) is 11.5 Å². The van der Waals surface area contributed by atoms with E-state index >= 15 is 0 Å². The Morgan fingerprint density at radius 3 is 2.03 bits per heavy atom. The van der Waals surface area contributed by atoms with E-state index in [2.05, 4.69) is 15.9 Å². The van der Waals surface area contributed by atoms with Crippen molar-refractivity contribution in [3.05, 3.63) is 130 Å². The van der Waals surface area contributed by atoms with Gasteiger partial charge in [-0.15, -0.1) is 0 Å². The van der Waals surface area contributed by atoms with Crippen molar-refractivity contribution in [1.29, 1.82) is 0 Å². The van der Waals surface area contributed by atoms with Crippen molar-refractivity contribution < 1.29 is 23.8 Å². The molecule has 0 heterocycles. The van der Waals surface area contributed by atoms with Gasteiger partial charge in [-0.05, 0) is 47.5 Å². The predicted octanol–water partition coefficient (Wildman–Crippen LogP) is 6.69. The van der Waals surface area contributed by atoms with Crippen LogP contribution >= 0.6 is 15.9 Å². The molecule has 36 heavy (non-hydrogen) atoms. The number of halogens is 1. The molecule has 0 spiro atoms. The van der Waals surface area contributed by atoms with Crippen molar-refractivity contribution in [2.75, 3.05) is 13.2 Å². The summed E-state index contributed by atoms with van der Waals surface area (Å²) in [7, 11) is 0. The first-order chi connectivity index (χ1) is 17.6. The van der Waals surface area contributed by atoms with Crippen molar-refractivity contribution in [2.24, 2.45) is 0 Å². The molecule has 0 bridgehead atoms. The Kier molecular flexibility index (Phi) is 8.89. The lowest BCUT2D eigenvalue weighted by molar-refractivity contribution is 0.0507. The first-order valence-electron chi connectivity index (χ1n) is 11.6. The van der Waals surface area contributed by atoms with Crippen LogP contribution in [0.1, 0.15) is 31.8 Å². The zero-order valence-corrected chi connectivity index (χ0v) is 21.1. The summed E-state index contributed by atoms with van der Waals surface area (Å²) in [6.07, 6.45) is 1.33. The van der Waals surface area contributed by atoms with Crippen LogP contribution in [0.15, 0.2) is 108 Å². The topological polar surface area (TPSA) is 61.8 Å². The molecule has 182 valence electrons. The zero-order valence-electron chi connectivity index (χ0n) is 19.6. The van der Waals surface area contributed by atoms with Gasteiger partial charge in [0.2, 0.25) is 0 Å². The first kappa shape index (κ1) is 25.2. The molecule has 0 radical (unpaired) electrons. The highest BCUT2D eigenvalue weighted by Gasteiger charge is 2.17. The maximum absolute atomic E-state index is 13.0. The van der Waals surface area contributed by atoms with Crippen LogP contribution in [0, 0.1) is 0 Å². The predicted molar refractivity (Wildman–Crippen MR) is 142 cm³/mol. The second kappa shape index (κ2) is 12.7. The van der Waals surface area contributed by atoms with Crippen molar-refractivity contribution in [2.45, 2.75) is 12.8 Å². The van der Waals surface area contributed by atoms with Crippen LogP contribution in [0.25, 0.3) is 0 Å². The van der Waals surface area contributed by atoms with E-state index in [4.69, 9.17) is 14.2 Å². The third kappa shape index (κ3) is 7.30. The summed E-state index contributed by atoms with van der Waals surface area (Å²) in [4.78, 5) is 25.5. The lowest BCUT2D eigenvalue weighted by Crippen LogP contribution is -2.13. The Labute approximate surface area is 218 Å². The highest BCUT2D eigenvalue weighted by Crippen LogP contribution is 2.26. The first-order valence-corrected chi connectivity index (χ1v) is 12.4. The minimum absolute atomic E-state index is 0.243. The van der Waals surface area contributed by atoms with Crippen molar-refractivity contribution >= 4 is 27.9 Å². The summed E-state index contributed by atoms with van der Waals surface area (Å²) in [5.74, 6) is -0.389. The molecule has 4 aromatic rings. The molecular formula is C30H25BrO5. The Morgan fingerprint density at radius 1 is 0.667 bits per heavy atom. The average molecular weight is 545 g/mol. The maximum Gasteiger partial charge on any atom is 0.347 e. The Bertz CT molecular complexity index is 1310. The number of carbonyl (C=O) groups is 2. The van der Waals surface area contributed by atoms with Gasteiger partial charge in [0, 0.05) is 17.3 Å². The number of carbonyl (C=O) groups excluding carboxylic acids is 2. The van der Waals surface area contributed by atoms with E-state index in [0.717, 1.165) is 15.6 Å². The van der Waals surface area contributed by atoms with Gasteiger partial charge < -0.3 is 14.2 Å². The third-order valence-electron chi connectivity index (χ3n) is 5.40. The van der Waals surface area contributed by atoms with E-state index in [1.165, 1.54) is 6.07 Å². The van der Waals surface area contributed by atoms with Gasteiger partial charge in [0.1, 0.15) is 17.1 Å². The van der Waals surface area contributed by atoms with Crippen LogP contribution in [0.3, 0.4) is 0 Å². The van der Waals surface area contributed by atoms with Crippen LogP contribution in [0.4, 0.5) is 0 Å². The maximum atomic E-state index is 13.0. The van der Waals surface area contributed by atoms with E-state index in [1.54, 1.807) is 36.4 Å². The smallest absolute Gasteiger partial charge is 0.347 e. The summed E-state index contributed by atoms with van der Waals surface area (Å²) < 4.78 is 17.6. The summed E-state index contributed by atoms with van der Waals surface area (Å²) in [5, 5.41) is 0. The molecule has 0 saturated heterocycles. The van der Waals surface area contributed by atoms with Crippen LogP contribution < -0.4 is 9.47 Å². The lowest BCUT2D eigenvalue weighted by atomic mass is 10.1. The summed E-state index contributed by atoms with van der Waals surface area (Å²) in [6.45, 7) is 0.671. The van der Waals surface area contributed by atoms with Gasteiger partial charge in [-0.1, -0.05) is 82.7 Å². The van der Waals surface area contributed by atoms with Gasteiger partial charge in [0.05, 0.1) is 18.8 Å². The van der Waals surface area contributed by atoms with E-state index < -0.39 is 11.9 Å². The minimum atomic E-state index is -0.583. The van der Waals surface area contributed by atoms with Crippen LogP contribution in [0.2, 0.25) is 0 Å². The average Bonchev–Trinajstić information content (AvgIpc) is 2.91. The number of ether oxygens (including phenoxy) is 3. The molecule has 0 amide bonds. The Hall–Kier alpha value is -3.90. The number of rotatable bonds is 10. The monoisotopic (exact) mass is 544 g/mol. The fourth-order valence-corrected chi connectivity index (χ4v) is 3.91. The van der Waals surface area contributed by atoms with Gasteiger partial charge in [0.25, 0.3) is 0 Å². The van der Waals surface area contributed by atoms with Gasteiger partial charge in [0.15, 0.2) is 0 Å². The number of benzene rings is 4. The molecule has 0 aliphatic heterocycles. The van der Waals surface area contributed by atoms with E-state index in [1.807, 2.05) is 60.7 Å². The van der Waals surface area contributed by atoms with E-state index in [-0.39, 0.29) is 17.9 Å². The molecule has 4 aromatic carbocycles. The second-order valence-electron chi connectivity index (χ2n) is 8.01. The quantitative estimate of drug-likeness (QED) is 0.164. The van der Waals surface area contributed by atoms with Crippen molar-refractivity contribution in [1.82, 2.24) is 0 Å². The van der Waals surface area contributed by atoms with Gasteiger partial charge in [-0.3, -0.25) is 0 Å². The molecule has 0 unspecified atom stereocenters. The lowest BCUT2D eigenvalue weighted by Gasteiger charge is -2.12. The fourth-order valence-electron chi connectivity index (χ4n) is 3.55. The second-order valence-corrected chi connectivity index (χ2v) is 8.93. The molecule has 5 nitrogen and oxygen atoms in total. The molecule has 0 saturated carbocycles. The molecule has 6 heteroatoms. The summed E-state index contributed by atoms with van der Waals surface area (Å²) >= 11 is 3.40. The number of esters is 2. The molecule has 0 atom stereocenters. The SMILES string of the molecule is O=C(OCCc1ccccc1)c1cccc(OC(=O)c2cc(Br)ccc2OCCc2ccccc2)c1. The van der Waals surface area contributed by atoms with Gasteiger partial charge in [-0.2, -0.15) is 0 Å². The normalized spacial score (nSPS) is 10.5. The molecular weight excluding hydrogens is 520 g/mol. The van der Waals surface area contributed by atoms with Crippen molar-refractivity contribution in [3.63, 3.8) is 0 Å². The highest BCUT2D eigenvalue weighted by molar-refractivity contribution is 9.10. The number of hydrogen-bond acceptors (Lipinski definition) is 5. The third-order valence-corrected chi connectivity index (χ3v) is 5.89. The number of hydrogen-bond donors (Lipinski definition) is 0. The Balaban J connectivity index is 1.37. The van der Waals surface area contributed by atoms with Gasteiger partial charge in [-0.25, -0.2) is 9.59 Å². The summed E-state index contributed by atoms with van der Waals surface area (Å²) in [5.41, 5.74) is 2.82. The largest absolute Gasteiger partial charge is 0.492 e. The molecule has 0 aromatic heterocycles. The molecule has 0 N–H and O–H groups in total. The Morgan fingerprint density at radius 2 is 1.33 bits per heavy atom. The van der Waals surface area contributed by atoms with E-state index in [9.17, 15) is 9.59 Å². The van der Waals surface area contributed by atoms with Crippen LogP contribution in [-0.2, 0) is 17.6 Å². The molecule has 4 rings (SSSR count). The van der Waals surface area contributed by atoms with Crippen molar-refractivity contribution in [3.8, 4) is 11.5 Å². The summed E-state index contributed by atoms with van der Waals surface area (Å²) in [6, 6.07) is 31.3.